The van der Waals surface area contributed by atoms with Crippen LogP contribution < -0.4 is 4.90 Å². The van der Waals surface area contributed by atoms with Crippen LogP contribution in [-0.4, -0.2) is 84.8 Å². The third-order valence-electron chi connectivity index (χ3n) is 5.27. The van der Waals surface area contributed by atoms with Gasteiger partial charge in [0.25, 0.3) is 0 Å². The van der Waals surface area contributed by atoms with Crippen molar-refractivity contribution in [3.05, 3.63) is 54.1 Å². The summed E-state index contributed by atoms with van der Waals surface area (Å²) in [6.45, 7) is 6.51. The molecule has 0 N–H and O–H groups in total. The first-order chi connectivity index (χ1) is 15.5. The minimum absolute atomic E-state index is 0.0144. The average molecular weight is 458 g/mol. The molecular formula is C23H28ClN5O3. The maximum Gasteiger partial charge on any atom is 0.249 e. The number of aromatic nitrogens is 2. The summed E-state index contributed by atoms with van der Waals surface area (Å²) in [5.74, 6) is 0.447. The first-order valence-corrected chi connectivity index (χ1v) is 10.9. The number of hydrogen-bond donors (Lipinski definition) is 0. The van der Waals surface area contributed by atoms with Crippen molar-refractivity contribution in [2.24, 2.45) is 0 Å². The second-order valence-electron chi connectivity index (χ2n) is 7.47. The van der Waals surface area contributed by atoms with Gasteiger partial charge in [-0.2, -0.15) is 0 Å². The molecule has 170 valence electrons. The van der Waals surface area contributed by atoms with Gasteiger partial charge >= 0.3 is 0 Å². The van der Waals surface area contributed by atoms with E-state index in [0.29, 0.717) is 36.9 Å². The van der Waals surface area contributed by atoms with Gasteiger partial charge in [-0.25, -0.2) is 0 Å². The lowest BCUT2D eigenvalue weighted by atomic mass is 10.1. The van der Waals surface area contributed by atoms with Gasteiger partial charge in [0.05, 0.1) is 10.7 Å². The molecule has 1 aliphatic rings. The fourth-order valence-electron chi connectivity index (χ4n) is 3.59. The first kappa shape index (κ1) is 23.7. The summed E-state index contributed by atoms with van der Waals surface area (Å²) in [7, 11) is 1.46. The second kappa shape index (κ2) is 11.6. The highest BCUT2D eigenvalue weighted by atomic mass is 35.5. The van der Waals surface area contributed by atoms with E-state index >= 15 is 0 Å². The number of benzene rings is 1. The Morgan fingerprint density at radius 3 is 2.66 bits per heavy atom. The van der Waals surface area contributed by atoms with E-state index in [0.717, 1.165) is 24.3 Å². The van der Waals surface area contributed by atoms with Crippen molar-refractivity contribution in [1.82, 2.24) is 20.0 Å². The normalized spacial score (nSPS) is 14.1. The first-order valence-electron chi connectivity index (χ1n) is 10.5. The van der Waals surface area contributed by atoms with Crippen LogP contribution in [-0.2, 0) is 14.3 Å². The molecule has 0 saturated carbocycles. The van der Waals surface area contributed by atoms with Crippen molar-refractivity contribution in [2.75, 3.05) is 57.9 Å². The zero-order chi connectivity index (χ0) is 22.9. The van der Waals surface area contributed by atoms with Crippen LogP contribution in [0, 0.1) is 0 Å². The minimum atomic E-state index is -0.230. The summed E-state index contributed by atoms with van der Waals surface area (Å²) < 4.78 is 4.91. The molecule has 2 amide bonds. The highest BCUT2D eigenvalue weighted by Crippen LogP contribution is 2.26. The Bertz CT molecular complexity index is 937. The quantitative estimate of drug-likeness (QED) is 0.567. The van der Waals surface area contributed by atoms with Crippen LogP contribution in [0.25, 0.3) is 11.3 Å². The molecule has 1 aromatic carbocycles. The van der Waals surface area contributed by atoms with Crippen LogP contribution in [0.1, 0.15) is 6.42 Å². The van der Waals surface area contributed by atoms with E-state index in [1.165, 1.54) is 12.0 Å². The van der Waals surface area contributed by atoms with Crippen molar-refractivity contribution in [2.45, 2.75) is 6.42 Å². The number of anilines is 1. The third-order valence-corrected chi connectivity index (χ3v) is 5.60. The van der Waals surface area contributed by atoms with E-state index < -0.39 is 0 Å². The number of carbonyl (C=O) groups excluding carboxylic acids is 2. The molecule has 32 heavy (non-hydrogen) atoms. The molecule has 0 radical (unpaired) electrons. The number of amides is 2. The Balaban J connectivity index is 1.61. The number of carbonyl (C=O) groups is 2. The largest absolute Gasteiger partial charge is 0.375 e. The molecule has 3 rings (SSSR count). The van der Waals surface area contributed by atoms with Crippen LogP contribution in [0.2, 0.25) is 5.02 Å². The Morgan fingerprint density at radius 1 is 1.16 bits per heavy atom. The fourth-order valence-corrected chi connectivity index (χ4v) is 3.82. The molecule has 1 aromatic heterocycles. The van der Waals surface area contributed by atoms with Gasteiger partial charge in [0.2, 0.25) is 11.8 Å². The molecule has 1 aliphatic heterocycles. The van der Waals surface area contributed by atoms with Crippen molar-refractivity contribution in [3.63, 3.8) is 0 Å². The molecule has 0 unspecified atom stereocenters. The third kappa shape index (κ3) is 6.05. The van der Waals surface area contributed by atoms with Gasteiger partial charge in [-0.3, -0.25) is 9.59 Å². The fraction of sp³-hybridized carbons (Fsp3) is 0.391. The molecule has 1 saturated heterocycles. The Morgan fingerprint density at radius 2 is 1.97 bits per heavy atom. The van der Waals surface area contributed by atoms with Crippen LogP contribution in [0.4, 0.5) is 5.82 Å². The summed E-state index contributed by atoms with van der Waals surface area (Å²) in [5.41, 5.74) is 1.56. The van der Waals surface area contributed by atoms with Crippen LogP contribution in [0.3, 0.4) is 0 Å². The van der Waals surface area contributed by atoms with E-state index in [-0.39, 0.29) is 25.0 Å². The van der Waals surface area contributed by atoms with E-state index in [2.05, 4.69) is 21.7 Å². The Hall–Kier alpha value is -2.97. The van der Waals surface area contributed by atoms with E-state index in [1.54, 1.807) is 11.0 Å². The van der Waals surface area contributed by atoms with Crippen LogP contribution in [0.5, 0.6) is 0 Å². The van der Waals surface area contributed by atoms with E-state index in [4.69, 9.17) is 16.3 Å². The van der Waals surface area contributed by atoms with Gasteiger partial charge < -0.3 is 19.4 Å². The van der Waals surface area contributed by atoms with Gasteiger partial charge in [0.15, 0.2) is 5.82 Å². The summed E-state index contributed by atoms with van der Waals surface area (Å²) in [5, 5.41) is 9.36. The summed E-state index contributed by atoms with van der Waals surface area (Å²) in [6.07, 6.45) is 2.41. The number of rotatable bonds is 8. The summed E-state index contributed by atoms with van der Waals surface area (Å²) >= 11 is 6.25. The van der Waals surface area contributed by atoms with Crippen LogP contribution >= 0.6 is 11.6 Å². The number of halogens is 1. The second-order valence-corrected chi connectivity index (χ2v) is 7.88. The maximum absolute atomic E-state index is 12.8. The van der Waals surface area contributed by atoms with Crippen molar-refractivity contribution >= 4 is 29.2 Å². The molecule has 0 bridgehead atoms. The monoisotopic (exact) mass is 457 g/mol. The summed E-state index contributed by atoms with van der Waals surface area (Å²) in [4.78, 5) is 30.3. The number of nitrogens with zero attached hydrogens (tertiary/aromatic N) is 5. The average Bonchev–Trinajstić information content (AvgIpc) is 3.06. The predicted molar refractivity (Wildman–Crippen MR) is 125 cm³/mol. The SMILES string of the molecule is C=CCN(CC(=O)N1CCCN(c2ccc(-c3ccccc3Cl)nn2)CC1)C(=O)COC. The topological polar surface area (TPSA) is 78.9 Å². The van der Waals surface area contributed by atoms with E-state index in [1.807, 2.05) is 36.4 Å². The molecule has 8 nitrogen and oxygen atoms in total. The molecule has 9 heteroatoms. The minimum Gasteiger partial charge on any atom is -0.375 e. The maximum atomic E-state index is 12.8. The molecule has 2 heterocycles. The molecule has 0 atom stereocenters. The van der Waals surface area contributed by atoms with Crippen LogP contribution in [0.15, 0.2) is 49.1 Å². The smallest absolute Gasteiger partial charge is 0.249 e. The van der Waals surface area contributed by atoms with Gasteiger partial charge in [-0.05, 0) is 24.6 Å². The zero-order valence-corrected chi connectivity index (χ0v) is 19.0. The molecule has 0 aliphatic carbocycles. The van der Waals surface area contributed by atoms with Crippen molar-refractivity contribution < 1.29 is 14.3 Å². The lowest BCUT2D eigenvalue weighted by Crippen LogP contribution is -2.45. The Kier molecular flexibility index (Phi) is 8.58. The van der Waals surface area contributed by atoms with Crippen molar-refractivity contribution in [1.29, 1.82) is 0 Å². The number of hydrogen-bond acceptors (Lipinski definition) is 6. The number of ether oxygens (including phenoxy) is 1. The number of methoxy groups -OCH3 is 1. The molecular weight excluding hydrogens is 430 g/mol. The molecule has 0 spiro atoms. The molecule has 1 fully saturated rings. The zero-order valence-electron chi connectivity index (χ0n) is 18.2. The predicted octanol–water partition coefficient (Wildman–Crippen LogP) is 2.50. The van der Waals surface area contributed by atoms with Gasteiger partial charge in [0, 0.05) is 45.4 Å². The Labute approximate surface area is 193 Å². The highest BCUT2D eigenvalue weighted by Gasteiger charge is 2.23. The van der Waals surface area contributed by atoms with Crippen molar-refractivity contribution in [3.8, 4) is 11.3 Å². The lowest BCUT2D eigenvalue weighted by Gasteiger charge is -2.26. The molecule has 2 aromatic rings. The lowest BCUT2D eigenvalue weighted by molar-refractivity contribution is -0.142. The van der Waals surface area contributed by atoms with Gasteiger partial charge in [-0.15, -0.1) is 16.8 Å². The summed E-state index contributed by atoms with van der Waals surface area (Å²) in [6, 6.07) is 11.4. The standard InChI is InChI=1S/C23H28ClN5O3/c1-3-11-29(23(31)17-32-2)16-22(30)28-13-6-12-27(14-15-28)21-10-9-20(25-26-21)18-7-4-5-8-19(18)24/h3-5,7-10H,1,6,11-17H2,2H3. The highest BCUT2D eigenvalue weighted by molar-refractivity contribution is 6.33. The van der Waals surface area contributed by atoms with Gasteiger partial charge in [0.1, 0.15) is 13.2 Å². The van der Waals surface area contributed by atoms with E-state index in [9.17, 15) is 9.59 Å². The van der Waals surface area contributed by atoms with Gasteiger partial charge in [-0.1, -0.05) is 35.9 Å².